The Bertz CT molecular complexity index is 1810. The molecule has 4 rings (SSSR count). The number of carbonyl (C=O) groups is 5. The fraction of sp³-hybridized carbons (Fsp3) is 0.578. The number of esters is 3. The van der Waals surface area contributed by atoms with Gasteiger partial charge < -0.3 is 34.1 Å². The second-order valence-electron chi connectivity index (χ2n) is 16.5. The van der Waals surface area contributed by atoms with Crippen molar-refractivity contribution in [3.05, 3.63) is 69.8 Å². The average Bonchev–Trinajstić information content (AvgIpc) is 3.14. The van der Waals surface area contributed by atoms with Crippen LogP contribution in [0.15, 0.2) is 36.4 Å². The maximum atomic E-state index is 13.5. The quantitative estimate of drug-likeness (QED) is 0.162. The molecule has 2 aliphatic heterocycles. The Kier molecular flexibility index (Phi) is 15.6. The van der Waals surface area contributed by atoms with Gasteiger partial charge in [0.25, 0.3) is 0 Å². The third kappa shape index (κ3) is 12.7. The standard InChI is InChI=1S/C45H63N3O9/c1-11-13-35-25-40(56-32(6)51)39(41-27-37(55-31(5)50)26-38(57-41)28-54-30(4)49)24-36(35)23-34-15-14-33(22-29(34)3)16-17-44(7,8)42(52)46-45(9,10)43(53)48-20-18-47(12-2)19-21-48/h14-17,22,24-25,37-38,41H,11-13,18-21,23,26-28H2,1-10H3,(H,46,52)/b17-16+/t37-,38-,41+/m0/s1. The molecule has 0 aromatic heterocycles. The van der Waals surface area contributed by atoms with E-state index in [0.717, 1.165) is 60.3 Å². The summed E-state index contributed by atoms with van der Waals surface area (Å²) in [6.45, 7) is 21.5. The van der Waals surface area contributed by atoms with Crippen molar-refractivity contribution in [1.29, 1.82) is 0 Å². The summed E-state index contributed by atoms with van der Waals surface area (Å²) in [6, 6.07) is 10.1. The number of rotatable bonds is 15. The van der Waals surface area contributed by atoms with Crippen LogP contribution in [-0.2, 0) is 51.0 Å². The Morgan fingerprint density at radius 2 is 1.58 bits per heavy atom. The number of aryl methyl sites for hydroxylation is 2. The lowest BCUT2D eigenvalue weighted by Crippen LogP contribution is -2.61. The first kappa shape index (κ1) is 45.2. The van der Waals surface area contributed by atoms with E-state index in [2.05, 4.69) is 43.1 Å². The molecule has 57 heavy (non-hydrogen) atoms. The Morgan fingerprint density at radius 3 is 2.18 bits per heavy atom. The van der Waals surface area contributed by atoms with E-state index in [-0.39, 0.29) is 18.4 Å². The predicted octanol–water partition coefficient (Wildman–Crippen LogP) is 6.28. The molecule has 2 fully saturated rings. The maximum absolute atomic E-state index is 13.5. The highest BCUT2D eigenvalue weighted by Gasteiger charge is 2.38. The lowest BCUT2D eigenvalue weighted by molar-refractivity contribution is -0.169. The van der Waals surface area contributed by atoms with Crippen LogP contribution in [0.25, 0.3) is 6.08 Å². The molecule has 0 spiro atoms. The molecule has 1 N–H and O–H groups in total. The van der Waals surface area contributed by atoms with Crippen LogP contribution < -0.4 is 10.1 Å². The van der Waals surface area contributed by atoms with Crippen molar-refractivity contribution in [1.82, 2.24) is 15.1 Å². The van der Waals surface area contributed by atoms with Gasteiger partial charge in [0.15, 0.2) is 0 Å². The van der Waals surface area contributed by atoms with Gasteiger partial charge in [-0.15, -0.1) is 0 Å². The Labute approximate surface area is 338 Å². The molecule has 2 heterocycles. The van der Waals surface area contributed by atoms with Gasteiger partial charge >= 0.3 is 17.9 Å². The number of likely N-dealkylation sites (N-methyl/N-ethyl adjacent to an activating group) is 1. The Balaban J connectivity index is 1.55. The number of nitrogens with zero attached hydrogens (tertiary/aromatic N) is 2. The van der Waals surface area contributed by atoms with E-state index in [4.69, 9.17) is 18.9 Å². The van der Waals surface area contributed by atoms with Gasteiger partial charge in [-0.1, -0.05) is 50.6 Å². The van der Waals surface area contributed by atoms with E-state index < -0.39 is 47.2 Å². The second-order valence-corrected chi connectivity index (χ2v) is 16.5. The number of amides is 2. The van der Waals surface area contributed by atoms with E-state index in [1.165, 1.54) is 20.8 Å². The predicted molar refractivity (Wildman–Crippen MR) is 218 cm³/mol. The zero-order chi connectivity index (χ0) is 42.1. The van der Waals surface area contributed by atoms with Crippen LogP contribution in [0.1, 0.15) is 121 Å². The fourth-order valence-corrected chi connectivity index (χ4v) is 7.44. The smallest absolute Gasteiger partial charge is 0.308 e. The van der Waals surface area contributed by atoms with Crippen LogP contribution in [0.3, 0.4) is 0 Å². The molecule has 0 bridgehead atoms. The van der Waals surface area contributed by atoms with Crippen LogP contribution in [0, 0.1) is 12.3 Å². The van der Waals surface area contributed by atoms with Crippen molar-refractivity contribution in [3.8, 4) is 5.75 Å². The fourth-order valence-electron chi connectivity index (χ4n) is 7.44. The molecule has 0 radical (unpaired) electrons. The first-order valence-electron chi connectivity index (χ1n) is 20.2. The summed E-state index contributed by atoms with van der Waals surface area (Å²) < 4.78 is 23.1. The first-order valence-corrected chi connectivity index (χ1v) is 20.2. The lowest BCUT2D eigenvalue weighted by Gasteiger charge is -2.39. The van der Waals surface area contributed by atoms with Crippen LogP contribution >= 0.6 is 0 Å². The zero-order valence-corrected chi connectivity index (χ0v) is 35.6. The van der Waals surface area contributed by atoms with Crippen molar-refractivity contribution < 1.29 is 42.9 Å². The van der Waals surface area contributed by atoms with Crippen molar-refractivity contribution in [3.63, 3.8) is 0 Å². The number of hydrogen-bond donors (Lipinski definition) is 1. The summed E-state index contributed by atoms with van der Waals surface area (Å²) in [5.41, 5.74) is 3.93. The molecule has 3 atom stereocenters. The van der Waals surface area contributed by atoms with Crippen LogP contribution in [0.2, 0.25) is 0 Å². The van der Waals surface area contributed by atoms with Crippen LogP contribution in [0.5, 0.6) is 5.75 Å². The van der Waals surface area contributed by atoms with Crippen molar-refractivity contribution >= 4 is 35.8 Å². The molecule has 0 aliphatic carbocycles. The molecule has 0 saturated carbocycles. The number of piperazine rings is 1. The Hall–Kier alpha value is -4.55. The van der Waals surface area contributed by atoms with Gasteiger partial charge in [-0.3, -0.25) is 24.0 Å². The van der Waals surface area contributed by atoms with Crippen molar-refractivity contribution in [2.24, 2.45) is 5.41 Å². The van der Waals surface area contributed by atoms with Gasteiger partial charge in [0.1, 0.15) is 24.0 Å². The number of carbonyl (C=O) groups excluding carboxylic acids is 5. The van der Waals surface area contributed by atoms with E-state index in [1.807, 2.05) is 49.1 Å². The minimum Gasteiger partial charge on any atom is -0.463 e. The van der Waals surface area contributed by atoms with Gasteiger partial charge in [0, 0.05) is 65.4 Å². The highest BCUT2D eigenvalue weighted by molar-refractivity contribution is 5.93. The van der Waals surface area contributed by atoms with Crippen LogP contribution in [0.4, 0.5) is 0 Å². The highest BCUT2D eigenvalue weighted by atomic mass is 16.6. The SMILES string of the molecule is CCCc1cc(OC(C)=O)c([C@H]2C[C@@H](OC(C)=O)C[C@@H](COC(C)=O)O2)cc1Cc1ccc(/C=C/C(C)(C)C(=O)NC(C)(C)C(=O)N2CCN(CC)CC2)cc1C. The van der Waals surface area contributed by atoms with E-state index >= 15 is 0 Å². The Morgan fingerprint density at radius 1 is 0.877 bits per heavy atom. The summed E-state index contributed by atoms with van der Waals surface area (Å²) in [6.07, 6.45) is 5.15. The van der Waals surface area contributed by atoms with Gasteiger partial charge in [-0.2, -0.15) is 0 Å². The molecule has 12 nitrogen and oxygen atoms in total. The van der Waals surface area contributed by atoms with Crippen molar-refractivity contribution in [2.75, 3.05) is 39.3 Å². The second kappa shape index (κ2) is 19.7. The van der Waals surface area contributed by atoms with Gasteiger partial charge in [0.05, 0.1) is 17.6 Å². The number of ether oxygens (including phenoxy) is 4. The molecule has 2 aliphatic rings. The normalized spacial score (nSPS) is 19.3. The summed E-state index contributed by atoms with van der Waals surface area (Å²) in [7, 11) is 0. The molecular formula is C45H63N3O9. The third-order valence-electron chi connectivity index (χ3n) is 10.7. The molecule has 2 amide bonds. The molecule has 0 unspecified atom stereocenters. The van der Waals surface area contributed by atoms with E-state index in [0.29, 0.717) is 43.7 Å². The molecule has 2 aromatic rings. The van der Waals surface area contributed by atoms with E-state index in [9.17, 15) is 24.0 Å². The molecule has 12 heteroatoms. The number of benzene rings is 2. The number of nitrogens with one attached hydrogen (secondary N) is 1. The molecular weight excluding hydrogens is 727 g/mol. The minimum absolute atomic E-state index is 0.00373. The summed E-state index contributed by atoms with van der Waals surface area (Å²) >= 11 is 0. The minimum atomic E-state index is -1.04. The van der Waals surface area contributed by atoms with E-state index in [1.54, 1.807) is 13.8 Å². The highest BCUT2D eigenvalue weighted by Crippen LogP contribution is 2.40. The van der Waals surface area contributed by atoms with Gasteiger partial charge in [0.2, 0.25) is 11.8 Å². The third-order valence-corrected chi connectivity index (χ3v) is 10.7. The molecule has 2 saturated heterocycles. The zero-order valence-electron chi connectivity index (χ0n) is 35.6. The van der Waals surface area contributed by atoms with Gasteiger partial charge in [-0.05, 0) is 94.0 Å². The largest absolute Gasteiger partial charge is 0.463 e. The maximum Gasteiger partial charge on any atom is 0.308 e. The van der Waals surface area contributed by atoms with Gasteiger partial charge in [-0.25, -0.2) is 0 Å². The summed E-state index contributed by atoms with van der Waals surface area (Å²) in [5.74, 6) is -1.23. The average molecular weight is 790 g/mol. The molecule has 2 aromatic carbocycles. The topological polar surface area (TPSA) is 141 Å². The number of hydrogen-bond acceptors (Lipinski definition) is 10. The monoisotopic (exact) mass is 789 g/mol. The van der Waals surface area contributed by atoms with Crippen molar-refractivity contribution in [2.45, 2.75) is 125 Å². The first-order chi connectivity index (χ1) is 26.8. The van der Waals surface area contributed by atoms with Crippen LogP contribution in [-0.4, -0.2) is 96.6 Å². The summed E-state index contributed by atoms with van der Waals surface area (Å²) in [4.78, 5) is 67.0. The summed E-state index contributed by atoms with van der Waals surface area (Å²) in [5, 5.41) is 3.01. The molecule has 312 valence electrons. The lowest BCUT2D eigenvalue weighted by atomic mass is 9.88.